The van der Waals surface area contributed by atoms with Crippen LogP contribution in [0.2, 0.25) is 0 Å². The molecule has 0 atom stereocenters. The van der Waals surface area contributed by atoms with Gasteiger partial charge in [-0.05, 0) is 41.6 Å². The van der Waals surface area contributed by atoms with Crippen molar-refractivity contribution >= 4 is 34.3 Å². The lowest BCUT2D eigenvalue weighted by Gasteiger charge is -2.05. The van der Waals surface area contributed by atoms with Crippen molar-refractivity contribution in [3.63, 3.8) is 0 Å². The maximum atomic E-state index is 12.0. The van der Waals surface area contributed by atoms with Gasteiger partial charge in [0.1, 0.15) is 5.82 Å². The predicted octanol–water partition coefficient (Wildman–Crippen LogP) is 2.59. The lowest BCUT2D eigenvalue weighted by Crippen LogP contribution is -2.15. The van der Waals surface area contributed by atoms with E-state index in [0.29, 0.717) is 5.56 Å². The van der Waals surface area contributed by atoms with Gasteiger partial charge in [-0.2, -0.15) is 5.10 Å². The maximum absolute atomic E-state index is 12.0. The Morgan fingerprint density at radius 3 is 2.53 bits per heavy atom. The quantitative estimate of drug-likeness (QED) is 0.854. The summed E-state index contributed by atoms with van der Waals surface area (Å²) in [5.74, 6) is 0.614. The largest absolute Gasteiger partial charge is 0.306 e. The van der Waals surface area contributed by atoms with Crippen molar-refractivity contribution in [2.75, 3.05) is 5.32 Å². The first-order valence-electron chi connectivity index (χ1n) is 5.15. The van der Waals surface area contributed by atoms with Gasteiger partial charge in [-0.3, -0.25) is 9.48 Å². The van der Waals surface area contributed by atoms with E-state index in [4.69, 9.17) is 0 Å². The molecule has 0 aliphatic heterocycles. The number of hydrogen-bond acceptors (Lipinski definition) is 2. The number of amides is 1. The number of carbonyl (C=O) groups is 1. The van der Waals surface area contributed by atoms with E-state index in [1.807, 2.05) is 32.2 Å². The van der Waals surface area contributed by atoms with Crippen molar-refractivity contribution < 1.29 is 4.79 Å². The van der Waals surface area contributed by atoms with Gasteiger partial charge in [-0.25, -0.2) is 0 Å². The Hall–Kier alpha value is -1.37. The molecule has 1 N–H and O–H groups in total. The summed E-state index contributed by atoms with van der Waals surface area (Å²) < 4.78 is 2.65. The normalized spacial score (nSPS) is 10.3. The fourth-order valence-corrected chi connectivity index (χ4v) is 2.13. The molecule has 0 saturated heterocycles. The van der Waals surface area contributed by atoms with E-state index < -0.39 is 0 Å². The summed E-state index contributed by atoms with van der Waals surface area (Å²) in [6, 6.07) is 9.13. The van der Waals surface area contributed by atoms with Crippen LogP contribution in [-0.2, 0) is 7.05 Å². The van der Waals surface area contributed by atoms with Gasteiger partial charge in [-0.15, -0.1) is 0 Å². The summed E-state index contributed by atoms with van der Waals surface area (Å²) in [7, 11) is 1.82. The second-order valence-electron chi connectivity index (χ2n) is 3.69. The van der Waals surface area contributed by atoms with Gasteiger partial charge in [0.15, 0.2) is 0 Å². The molecule has 0 radical (unpaired) electrons. The molecule has 1 aromatic carbocycles. The zero-order valence-electron chi connectivity index (χ0n) is 9.57. The van der Waals surface area contributed by atoms with Gasteiger partial charge in [0, 0.05) is 12.6 Å². The van der Waals surface area contributed by atoms with Gasteiger partial charge < -0.3 is 5.32 Å². The molecule has 17 heavy (non-hydrogen) atoms. The Kier molecular flexibility index (Phi) is 3.46. The Morgan fingerprint density at radius 1 is 1.35 bits per heavy atom. The van der Waals surface area contributed by atoms with Crippen molar-refractivity contribution in [3.05, 3.63) is 45.2 Å². The van der Waals surface area contributed by atoms with Crippen LogP contribution < -0.4 is 5.32 Å². The first-order chi connectivity index (χ1) is 8.09. The minimum Gasteiger partial charge on any atom is -0.306 e. The Labute approximate surface area is 113 Å². The van der Waals surface area contributed by atoms with E-state index >= 15 is 0 Å². The molecule has 2 aromatic rings. The van der Waals surface area contributed by atoms with Crippen LogP contribution >= 0.6 is 22.6 Å². The first-order valence-corrected chi connectivity index (χ1v) is 6.23. The third kappa shape index (κ3) is 2.49. The van der Waals surface area contributed by atoms with Crippen LogP contribution in [0.5, 0.6) is 0 Å². The summed E-state index contributed by atoms with van der Waals surface area (Å²) in [5.41, 5.74) is 1.55. The van der Waals surface area contributed by atoms with Crippen molar-refractivity contribution in [1.82, 2.24) is 9.78 Å². The highest BCUT2D eigenvalue weighted by molar-refractivity contribution is 14.1. The molecule has 0 aliphatic carbocycles. The van der Waals surface area contributed by atoms with Gasteiger partial charge in [0.25, 0.3) is 5.91 Å². The third-order valence-corrected chi connectivity index (χ3v) is 3.71. The summed E-state index contributed by atoms with van der Waals surface area (Å²) in [4.78, 5) is 12.0. The van der Waals surface area contributed by atoms with E-state index in [2.05, 4.69) is 33.0 Å². The van der Waals surface area contributed by atoms with Crippen molar-refractivity contribution in [2.45, 2.75) is 6.92 Å². The lowest BCUT2D eigenvalue weighted by molar-refractivity contribution is 0.102. The SMILES string of the molecule is Cc1nn(C)c(NC(=O)c2ccccc2)c1I. The highest BCUT2D eigenvalue weighted by Gasteiger charge is 2.13. The van der Waals surface area contributed by atoms with Crippen molar-refractivity contribution in [2.24, 2.45) is 7.05 Å². The van der Waals surface area contributed by atoms with Crippen LogP contribution in [0.3, 0.4) is 0 Å². The van der Waals surface area contributed by atoms with E-state index in [9.17, 15) is 4.79 Å². The number of benzene rings is 1. The lowest BCUT2D eigenvalue weighted by atomic mass is 10.2. The molecule has 1 amide bonds. The number of anilines is 1. The second-order valence-corrected chi connectivity index (χ2v) is 4.77. The monoisotopic (exact) mass is 341 g/mol. The fraction of sp³-hybridized carbons (Fsp3) is 0.167. The number of aryl methyl sites for hydroxylation is 2. The van der Waals surface area contributed by atoms with Gasteiger partial charge >= 0.3 is 0 Å². The smallest absolute Gasteiger partial charge is 0.256 e. The molecular formula is C12H12IN3O. The highest BCUT2D eigenvalue weighted by atomic mass is 127. The average Bonchev–Trinajstić information content (AvgIpc) is 2.57. The number of hydrogen-bond donors (Lipinski definition) is 1. The minimum absolute atomic E-state index is 0.119. The van der Waals surface area contributed by atoms with E-state index in [0.717, 1.165) is 15.1 Å². The molecule has 4 nitrogen and oxygen atoms in total. The van der Waals surface area contributed by atoms with Crippen molar-refractivity contribution in [1.29, 1.82) is 0 Å². The molecule has 0 bridgehead atoms. The fourth-order valence-electron chi connectivity index (χ4n) is 1.54. The maximum Gasteiger partial charge on any atom is 0.256 e. The van der Waals surface area contributed by atoms with Crippen LogP contribution in [0.4, 0.5) is 5.82 Å². The Morgan fingerprint density at radius 2 is 2.00 bits per heavy atom. The average molecular weight is 341 g/mol. The molecule has 1 aromatic heterocycles. The molecule has 0 unspecified atom stereocenters. The summed E-state index contributed by atoms with van der Waals surface area (Å²) in [6.07, 6.45) is 0. The van der Waals surface area contributed by atoms with Crippen LogP contribution in [0.25, 0.3) is 0 Å². The van der Waals surface area contributed by atoms with Crippen LogP contribution in [0.1, 0.15) is 16.1 Å². The van der Waals surface area contributed by atoms with E-state index in [-0.39, 0.29) is 5.91 Å². The molecule has 5 heteroatoms. The number of rotatable bonds is 2. The number of halogens is 1. The van der Waals surface area contributed by atoms with Gasteiger partial charge in [0.2, 0.25) is 0 Å². The van der Waals surface area contributed by atoms with Gasteiger partial charge in [-0.1, -0.05) is 18.2 Å². The Bertz CT molecular complexity index is 548. The Balaban J connectivity index is 2.25. The van der Waals surface area contributed by atoms with E-state index in [1.165, 1.54) is 0 Å². The summed E-state index contributed by atoms with van der Waals surface area (Å²) in [6.45, 7) is 1.92. The van der Waals surface area contributed by atoms with Crippen molar-refractivity contribution in [3.8, 4) is 0 Å². The number of nitrogens with zero attached hydrogens (tertiary/aromatic N) is 2. The standard InChI is InChI=1S/C12H12IN3O/c1-8-10(13)11(16(2)15-8)14-12(17)9-6-4-3-5-7-9/h3-7H,1-2H3,(H,14,17). The van der Waals surface area contributed by atoms with Crippen LogP contribution in [0, 0.1) is 10.5 Å². The minimum atomic E-state index is -0.119. The zero-order chi connectivity index (χ0) is 12.4. The first kappa shape index (κ1) is 12.1. The molecule has 0 fully saturated rings. The molecule has 0 saturated carbocycles. The molecule has 1 heterocycles. The summed E-state index contributed by atoms with van der Waals surface area (Å²) in [5, 5.41) is 7.12. The third-order valence-electron chi connectivity index (χ3n) is 2.42. The van der Waals surface area contributed by atoms with Gasteiger partial charge in [0.05, 0.1) is 9.26 Å². The number of nitrogens with one attached hydrogen (secondary N) is 1. The second kappa shape index (κ2) is 4.87. The van der Waals surface area contributed by atoms with Crippen LogP contribution in [0.15, 0.2) is 30.3 Å². The molecular weight excluding hydrogens is 329 g/mol. The van der Waals surface area contributed by atoms with Crippen LogP contribution in [-0.4, -0.2) is 15.7 Å². The zero-order valence-corrected chi connectivity index (χ0v) is 11.7. The molecule has 88 valence electrons. The predicted molar refractivity (Wildman–Crippen MR) is 75.1 cm³/mol. The molecule has 0 spiro atoms. The molecule has 2 rings (SSSR count). The summed E-state index contributed by atoms with van der Waals surface area (Å²) >= 11 is 2.18. The molecule has 0 aliphatic rings. The number of aromatic nitrogens is 2. The topological polar surface area (TPSA) is 46.9 Å². The number of carbonyl (C=O) groups excluding carboxylic acids is 1. The van der Waals surface area contributed by atoms with E-state index in [1.54, 1.807) is 16.8 Å². The highest BCUT2D eigenvalue weighted by Crippen LogP contribution is 2.21.